The Morgan fingerprint density at radius 3 is 2.36 bits per heavy atom. The first-order valence-electron chi connectivity index (χ1n) is 14.3. The molecule has 5 aromatic rings. The summed E-state index contributed by atoms with van der Waals surface area (Å²) in [5.41, 5.74) is 4.36. The van der Waals surface area contributed by atoms with E-state index in [0.29, 0.717) is 17.4 Å². The number of aromatic nitrogens is 5. The van der Waals surface area contributed by atoms with Gasteiger partial charge in [-0.1, -0.05) is 50.2 Å². The number of urea groups is 1. The fraction of sp³-hybridized carbons (Fsp3) is 0.312. The minimum Gasteiger partial charge on any atom is -0.317 e. The van der Waals surface area contributed by atoms with E-state index in [0.717, 1.165) is 64.1 Å². The molecule has 0 radical (unpaired) electrons. The molecule has 216 valence electrons. The van der Waals surface area contributed by atoms with Gasteiger partial charge in [-0.2, -0.15) is 5.10 Å². The average molecular weight is 581 g/mol. The van der Waals surface area contributed by atoms with Crippen molar-refractivity contribution in [3.63, 3.8) is 0 Å². The maximum Gasteiger partial charge on any atom is 0.324 e. The van der Waals surface area contributed by atoms with Gasteiger partial charge in [0.2, 0.25) is 0 Å². The molecule has 0 atom stereocenters. The molecule has 1 aliphatic rings. The zero-order chi connectivity index (χ0) is 29.3. The number of piperidine rings is 1. The van der Waals surface area contributed by atoms with Crippen LogP contribution in [0, 0.1) is 6.92 Å². The summed E-state index contributed by atoms with van der Waals surface area (Å²) in [5.74, 6) is 2.08. The Labute approximate surface area is 250 Å². The van der Waals surface area contributed by atoms with E-state index in [2.05, 4.69) is 63.6 Å². The van der Waals surface area contributed by atoms with E-state index in [1.165, 1.54) is 0 Å². The van der Waals surface area contributed by atoms with Crippen LogP contribution in [-0.4, -0.2) is 43.5 Å². The molecule has 1 saturated heterocycles. The molecule has 0 saturated carbocycles. The van der Waals surface area contributed by atoms with Crippen LogP contribution >= 0.6 is 11.8 Å². The second kappa shape index (κ2) is 11.6. The van der Waals surface area contributed by atoms with Crippen molar-refractivity contribution < 1.29 is 4.79 Å². The lowest BCUT2D eigenvalue weighted by Gasteiger charge is -2.21. The molecule has 0 unspecified atom stereocenters. The molecule has 2 aromatic carbocycles. The lowest BCUT2D eigenvalue weighted by molar-refractivity contribution is 0.262. The fourth-order valence-corrected chi connectivity index (χ4v) is 5.89. The number of amides is 2. The van der Waals surface area contributed by atoms with Crippen LogP contribution in [0.4, 0.5) is 16.3 Å². The van der Waals surface area contributed by atoms with E-state index in [9.17, 15) is 4.79 Å². The Hall–Kier alpha value is -4.15. The van der Waals surface area contributed by atoms with Crippen molar-refractivity contribution in [2.45, 2.75) is 61.7 Å². The van der Waals surface area contributed by atoms with Gasteiger partial charge >= 0.3 is 6.03 Å². The monoisotopic (exact) mass is 580 g/mol. The Morgan fingerprint density at radius 1 is 0.929 bits per heavy atom. The Bertz CT molecular complexity index is 1690. The van der Waals surface area contributed by atoms with Crippen LogP contribution in [0.2, 0.25) is 0 Å². The Balaban J connectivity index is 1.14. The summed E-state index contributed by atoms with van der Waals surface area (Å²) in [5, 5.41) is 23.0. The molecular weight excluding hydrogens is 544 g/mol. The lowest BCUT2D eigenvalue weighted by atomic mass is 9.92. The van der Waals surface area contributed by atoms with Gasteiger partial charge in [-0.05, 0) is 81.4 Å². The van der Waals surface area contributed by atoms with Gasteiger partial charge in [-0.15, -0.1) is 10.2 Å². The summed E-state index contributed by atoms with van der Waals surface area (Å²) in [6, 6.07) is 21.6. The first-order chi connectivity index (χ1) is 20.2. The number of aryl methyl sites for hydroxylation is 1. The van der Waals surface area contributed by atoms with Gasteiger partial charge in [0.15, 0.2) is 5.65 Å². The number of anilines is 2. The summed E-state index contributed by atoms with van der Waals surface area (Å²) in [7, 11) is 0. The van der Waals surface area contributed by atoms with Gasteiger partial charge in [-0.25, -0.2) is 9.48 Å². The van der Waals surface area contributed by atoms with E-state index >= 15 is 0 Å². The van der Waals surface area contributed by atoms with Crippen LogP contribution in [0.1, 0.15) is 56.6 Å². The van der Waals surface area contributed by atoms with Crippen LogP contribution in [0.5, 0.6) is 0 Å². The predicted molar refractivity (Wildman–Crippen MR) is 168 cm³/mol. The van der Waals surface area contributed by atoms with Gasteiger partial charge in [-0.3, -0.25) is 9.72 Å². The summed E-state index contributed by atoms with van der Waals surface area (Å²) in [4.78, 5) is 15.2. The molecule has 6 rings (SSSR count). The third-order valence-electron chi connectivity index (χ3n) is 7.45. The van der Waals surface area contributed by atoms with E-state index in [-0.39, 0.29) is 11.4 Å². The van der Waals surface area contributed by atoms with E-state index in [4.69, 9.17) is 5.10 Å². The molecular formula is C32H36N8OS. The predicted octanol–water partition coefficient (Wildman–Crippen LogP) is 6.78. The maximum absolute atomic E-state index is 13.0. The molecule has 42 heavy (non-hydrogen) atoms. The number of hydrogen-bond acceptors (Lipinski definition) is 6. The topological polar surface area (TPSA) is 101 Å². The molecule has 9 nitrogen and oxygen atoms in total. The molecule has 1 aliphatic heterocycles. The first-order valence-corrected chi connectivity index (χ1v) is 15.1. The highest BCUT2D eigenvalue weighted by atomic mass is 32.2. The van der Waals surface area contributed by atoms with Crippen LogP contribution in [0.3, 0.4) is 0 Å². The normalized spacial score (nSPS) is 14.3. The molecule has 1 fully saturated rings. The summed E-state index contributed by atoms with van der Waals surface area (Å²) < 4.78 is 3.91. The second-order valence-corrected chi connectivity index (χ2v) is 12.9. The number of carbonyl (C=O) groups excluding carboxylic acids is 1. The fourth-order valence-electron chi connectivity index (χ4n) is 5.05. The molecule has 10 heteroatoms. The van der Waals surface area contributed by atoms with E-state index in [1.54, 1.807) is 16.4 Å². The number of benzene rings is 2. The minimum absolute atomic E-state index is 0.163. The zero-order valence-electron chi connectivity index (χ0n) is 24.4. The van der Waals surface area contributed by atoms with Crippen molar-refractivity contribution >= 4 is 34.9 Å². The van der Waals surface area contributed by atoms with Crippen molar-refractivity contribution in [2.24, 2.45) is 0 Å². The molecule has 0 aliphatic carbocycles. The Kier molecular flexibility index (Phi) is 7.74. The van der Waals surface area contributed by atoms with Crippen molar-refractivity contribution in [2.75, 3.05) is 23.7 Å². The third-order valence-corrected chi connectivity index (χ3v) is 8.44. The number of fused-ring (bicyclic) bond motifs is 1. The highest BCUT2D eigenvalue weighted by Crippen LogP contribution is 2.31. The van der Waals surface area contributed by atoms with Gasteiger partial charge < -0.3 is 10.6 Å². The SMILES string of the molecule is Cc1ccc(-n2nc(C(C)(C)C)cc2NC(=O)Nc2ccc(Sc3ccc4nnc(C5CCNCC5)n4c3)cc2)cc1. The highest BCUT2D eigenvalue weighted by molar-refractivity contribution is 7.99. The largest absolute Gasteiger partial charge is 0.324 e. The highest BCUT2D eigenvalue weighted by Gasteiger charge is 2.22. The number of pyridine rings is 1. The quantitative estimate of drug-likeness (QED) is 0.205. The van der Waals surface area contributed by atoms with Crippen LogP contribution in [-0.2, 0) is 5.41 Å². The van der Waals surface area contributed by atoms with Gasteiger partial charge in [0.05, 0.1) is 11.4 Å². The number of nitrogens with one attached hydrogen (secondary N) is 3. The Morgan fingerprint density at radius 2 is 1.64 bits per heavy atom. The molecule has 3 aromatic heterocycles. The molecule has 3 N–H and O–H groups in total. The number of rotatable bonds is 6. The zero-order valence-corrected chi connectivity index (χ0v) is 25.2. The lowest BCUT2D eigenvalue weighted by Crippen LogP contribution is -2.27. The van der Waals surface area contributed by atoms with Crippen molar-refractivity contribution in [1.29, 1.82) is 0 Å². The van der Waals surface area contributed by atoms with Gasteiger partial charge in [0, 0.05) is 39.1 Å². The molecule has 0 bridgehead atoms. The summed E-state index contributed by atoms with van der Waals surface area (Å²) >= 11 is 1.67. The number of carbonyl (C=O) groups is 1. The van der Waals surface area contributed by atoms with Gasteiger partial charge in [0.1, 0.15) is 11.6 Å². The van der Waals surface area contributed by atoms with E-state index in [1.807, 2.05) is 67.6 Å². The summed E-state index contributed by atoms with van der Waals surface area (Å²) in [6.45, 7) is 10.4. The number of hydrogen-bond donors (Lipinski definition) is 3. The molecule has 4 heterocycles. The van der Waals surface area contributed by atoms with Gasteiger partial charge in [0.25, 0.3) is 0 Å². The second-order valence-electron chi connectivity index (χ2n) is 11.8. The average Bonchev–Trinajstić information content (AvgIpc) is 3.59. The van der Waals surface area contributed by atoms with Crippen LogP contribution in [0.15, 0.2) is 82.7 Å². The minimum atomic E-state index is -0.326. The summed E-state index contributed by atoms with van der Waals surface area (Å²) in [6.07, 6.45) is 4.28. The first kappa shape index (κ1) is 28.0. The smallest absolute Gasteiger partial charge is 0.317 e. The van der Waals surface area contributed by atoms with Crippen molar-refractivity contribution in [3.8, 4) is 5.69 Å². The molecule has 0 spiro atoms. The van der Waals surface area contributed by atoms with Crippen molar-refractivity contribution in [3.05, 3.63) is 90.0 Å². The standard InChI is InChI=1S/C32H36N8OS/c1-21-5-9-24(10-6-21)40-29(19-27(38-40)32(2,3)4)35-31(41)34-23-7-11-25(12-8-23)42-26-13-14-28-36-37-30(39(28)20-26)22-15-17-33-18-16-22/h5-14,19-20,22,33H,15-18H2,1-4H3,(H2,34,35,41). The maximum atomic E-state index is 13.0. The van der Waals surface area contributed by atoms with Crippen LogP contribution in [0.25, 0.3) is 11.3 Å². The third kappa shape index (κ3) is 6.19. The van der Waals surface area contributed by atoms with Crippen molar-refractivity contribution in [1.82, 2.24) is 29.7 Å². The van der Waals surface area contributed by atoms with E-state index < -0.39 is 0 Å². The number of nitrogens with zero attached hydrogens (tertiary/aromatic N) is 5. The van der Waals surface area contributed by atoms with Crippen LogP contribution < -0.4 is 16.0 Å². The molecule has 2 amide bonds.